The highest BCUT2D eigenvalue weighted by atomic mass is 16.5. The van der Waals surface area contributed by atoms with E-state index >= 15 is 0 Å². The van der Waals surface area contributed by atoms with Crippen LogP contribution in [0.4, 0.5) is 0 Å². The number of rotatable bonds is 4. The van der Waals surface area contributed by atoms with Gasteiger partial charge in [0.15, 0.2) is 5.82 Å². The molecule has 0 aliphatic heterocycles. The van der Waals surface area contributed by atoms with Crippen molar-refractivity contribution in [2.24, 2.45) is 7.05 Å². The molecule has 0 fully saturated rings. The van der Waals surface area contributed by atoms with Gasteiger partial charge in [-0.25, -0.2) is 4.68 Å². The molecule has 2 rings (SSSR count). The molecular formula is C13H17N3O2. The minimum Gasteiger partial charge on any atom is -0.467 e. The highest BCUT2D eigenvalue weighted by Gasteiger charge is 2.11. The van der Waals surface area contributed by atoms with E-state index in [9.17, 15) is 0 Å². The monoisotopic (exact) mass is 247 g/mol. The summed E-state index contributed by atoms with van der Waals surface area (Å²) in [5.41, 5.74) is 2.05. The average molecular weight is 247 g/mol. The van der Waals surface area contributed by atoms with E-state index in [0.717, 1.165) is 11.1 Å². The van der Waals surface area contributed by atoms with Gasteiger partial charge in [-0.1, -0.05) is 18.2 Å². The number of benzene rings is 1. The van der Waals surface area contributed by atoms with Crippen LogP contribution in [0.15, 0.2) is 24.3 Å². The lowest BCUT2D eigenvalue weighted by Gasteiger charge is -2.10. The summed E-state index contributed by atoms with van der Waals surface area (Å²) in [5, 5.41) is 4.32. The lowest BCUT2D eigenvalue weighted by atomic mass is 10.1. The SMILES string of the molecule is COc1nc(-c2cccc([C@@H](C)OC)c2)nn1C. The van der Waals surface area contributed by atoms with Gasteiger partial charge in [-0.05, 0) is 18.6 Å². The first-order valence-electron chi connectivity index (χ1n) is 5.74. The van der Waals surface area contributed by atoms with Crippen LogP contribution < -0.4 is 4.74 Å². The minimum absolute atomic E-state index is 0.0514. The Morgan fingerprint density at radius 2 is 2.06 bits per heavy atom. The van der Waals surface area contributed by atoms with Crippen LogP contribution in [0.25, 0.3) is 11.4 Å². The number of ether oxygens (including phenoxy) is 2. The molecule has 0 spiro atoms. The molecule has 0 bridgehead atoms. The molecule has 1 atom stereocenters. The van der Waals surface area contributed by atoms with Crippen molar-refractivity contribution < 1.29 is 9.47 Å². The number of aryl methyl sites for hydroxylation is 1. The average Bonchev–Trinajstić information content (AvgIpc) is 2.79. The molecule has 5 heteroatoms. The summed E-state index contributed by atoms with van der Waals surface area (Å²) < 4.78 is 12.0. The van der Waals surface area contributed by atoms with Crippen molar-refractivity contribution in [2.45, 2.75) is 13.0 Å². The van der Waals surface area contributed by atoms with Gasteiger partial charge in [-0.15, -0.1) is 5.10 Å². The van der Waals surface area contributed by atoms with Gasteiger partial charge in [-0.2, -0.15) is 4.98 Å². The fourth-order valence-corrected chi connectivity index (χ4v) is 1.74. The standard InChI is InChI=1S/C13H17N3O2/c1-9(17-3)10-6-5-7-11(8-10)12-14-13(18-4)16(2)15-12/h5-9H,1-4H3/t9-/m1/s1. The highest BCUT2D eigenvalue weighted by Crippen LogP contribution is 2.23. The summed E-state index contributed by atoms with van der Waals surface area (Å²) in [7, 11) is 5.08. The maximum atomic E-state index is 5.31. The van der Waals surface area contributed by atoms with Crippen molar-refractivity contribution in [1.82, 2.24) is 14.8 Å². The second-order valence-corrected chi connectivity index (χ2v) is 4.05. The summed E-state index contributed by atoms with van der Waals surface area (Å²) in [5.74, 6) is 0.652. The largest absolute Gasteiger partial charge is 0.467 e. The van der Waals surface area contributed by atoms with Gasteiger partial charge in [0.05, 0.1) is 13.2 Å². The predicted octanol–water partition coefficient (Wildman–Crippen LogP) is 2.20. The van der Waals surface area contributed by atoms with Gasteiger partial charge in [-0.3, -0.25) is 0 Å². The van der Waals surface area contributed by atoms with Gasteiger partial charge in [0, 0.05) is 19.7 Å². The molecule has 1 heterocycles. The minimum atomic E-state index is 0.0514. The van der Waals surface area contributed by atoms with Crippen LogP contribution in [-0.2, 0) is 11.8 Å². The van der Waals surface area contributed by atoms with Crippen molar-refractivity contribution in [3.63, 3.8) is 0 Å². The molecule has 0 N–H and O–H groups in total. The van der Waals surface area contributed by atoms with Gasteiger partial charge < -0.3 is 9.47 Å². The van der Waals surface area contributed by atoms with Crippen LogP contribution in [-0.4, -0.2) is 29.0 Å². The zero-order chi connectivity index (χ0) is 13.1. The van der Waals surface area contributed by atoms with Gasteiger partial charge in [0.25, 0.3) is 0 Å². The van der Waals surface area contributed by atoms with Crippen LogP contribution in [0, 0.1) is 0 Å². The number of hydrogen-bond acceptors (Lipinski definition) is 4. The Bertz CT molecular complexity index is 537. The molecule has 2 aromatic rings. The Hall–Kier alpha value is -1.88. The van der Waals surface area contributed by atoms with Crippen molar-refractivity contribution >= 4 is 0 Å². The van der Waals surface area contributed by atoms with Crippen molar-refractivity contribution in [3.05, 3.63) is 29.8 Å². The van der Waals surface area contributed by atoms with E-state index < -0.39 is 0 Å². The maximum absolute atomic E-state index is 5.31. The molecular weight excluding hydrogens is 230 g/mol. The predicted molar refractivity (Wildman–Crippen MR) is 68.4 cm³/mol. The third-order valence-electron chi connectivity index (χ3n) is 2.87. The van der Waals surface area contributed by atoms with E-state index in [4.69, 9.17) is 9.47 Å². The fourth-order valence-electron chi connectivity index (χ4n) is 1.74. The Labute approximate surface area is 106 Å². The van der Waals surface area contributed by atoms with E-state index in [2.05, 4.69) is 10.1 Å². The Kier molecular flexibility index (Phi) is 3.62. The molecule has 1 aromatic carbocycles. The van der Waals surface area contributed by atoms with Crippen molar-refractivity contribution in [3.8, 4) is 17.4 Å². The van der Waals surface area contributed by atoms with Crippen LogP contribution in [0.5, 0.6) is 6.01 Å². The Balaban J connectivity index is 2.38. The third-order valence-corrected chi connectivity index (χ3v) is 2.87. The zero-order valence-corrected chi connectivity index (χ0v) is 11.0. The molecule has 0 unspecified atom stereocenters. The fraction of sp³-hybridized carbons (Fsp3) is 0.385. The van der Waals surface area contributed by atoms with E-state index in [1.807, 2.05) is 31.2 Å². The Morgan fingerprint density at radius 1 is 1.28 bits per heavy atom. The van der Waals surface area contributed by atoms with Crippen molar-refractivity contribution in [2.75, 3.05) is 14.2 Å². The second kappa shape index (κ2) is 5.18. The zero-order valence-electron chi connectivity index (χ0n) is 11.0. The van der Waals surface area contributed by atoms with Crippen molar-refractivity contribution in [1.29, 1.82) is 0 Å². The molecule has 0 saturated heterocycles. The maximum Gasteiger partial charge on any atom is 0.314 e. The first kappa shape index (κ1) is 12.6. The van der Waals surface area contributed by atoms with E-state index in [1.54, 1.807) is 25.9 Å². The molecule has 0 aliphatic rings. The lowest BCUT2D eigenvalue weighted by Crippen LogP contribution is -1.96. The number of methoxy groups -OCH3 is 2. The van der Waals surface area contributed by atoms with E-state index in [-0.39, 0.29) is 6.10 Å². The third kappa shape index (κ3) is 2.36. The number of hydrogen-bond donors (Lipinski definition) is 0. The lowest BCUT2D eigenvalue weighted by molar-refractivity contribution is 0.119. The first-order chi connectivity index (χ1) is 8.65. The number of aromatic nitrogens is 3. The molecule has 18 heavy (non-hydrogen) atoms. The van der Waals surface area contributed by atoms with Gasteiger partial charge in [0.1, 0.15) is 0 Å². The topological polar surface area (TPSA) is 49.2 Å². The molecule has 1 aromatic heterocycles. The first-order valence-corrected chi connectivity index (χ1v) is 5.74. The molecule has 0 amide bonds. The Morgan fingerprint density at radius 3 is 2.67 bits per heavy atom. The normalized spacial score (nSPS) is 12.4. The summed E-state index contributed by atoms with van der Waals surface area (Å²) in [6, 6.07) is 8.50. The van der Waals surface area contributed by atoms with Crippen LogP contribution in [0.1, 0.15) is 18.6 Å². The number of nitrogens with zero attached hydrogens (tertiary/aromatic N) is 3. The summed E-state index contributed by atoms with van der Waals surface area (Å²) >= 11 is 0. The summed E-state index contributed by atoms with van der Waals surface area (Å²) in [4.78, 5) is 4.31. The molecule has 0 saturated carbocycles. The van der Waals surface area contributed by atoms with Crippen LogP contribution in [0.2, 0.25) is 0 Å². The summed E-state index contributed by atoms with van der Waals surface area (Å²) in [6.07, 6.45) is 0.0514. The highest BCUT2D eigenvalue weighted by molar-refractivity contribution is 5.56. The molecule has 96 valence electrons. The quantitative estimate of drug-likeness (QED) is 0.831. The smallest absolute Gasteiger partial charge is 0.314 e. The molecule has 0 aliphatic carbocycles. The van der Waals surface area contributed by atoms with Crippen LogP contribution >= 0.6 is 0 Å². The van der Waals surface area contributed by atoms with E-state index in [1.165, 1.54) is 0 Å². The van der Waals surface area contributed by atoms with Gasteiger partial charge in [0.2, 0.25) is 0 Å². The van der Waals surface area contributed by atoms with Crippen LogP contribution in [0.3, 0.4) is 0 Å². The van der Waals surface area contributed by atoms with E-state index in [0.29, 0.717) is 11.8 Å². The van der Waals surface area contributed by atoms with Gasteiger partial charge >= 0.3 is 6.01 Å². The summed E-state index contributed by atoms with van der Waals surface area (Å²) in [6.45, 7) is 2.01. The molecule has 0 radical (unpaired) electrons. The second-order valence-electron chi connectivity index (χ2n) is 4.05. The molecule has 5 nitrogen and oxygen atoms in total.